The SMILES string of the molecule is CCNC(=NCCc1nc(C(C)C)no1)NCCc1cc(F)ccc1F.I. The topological polar surface area (TPSA) is 75.3 Å². The molecule has 9 heteroatoms. The van der Waals surface area contributed by atoms with E-state index in [0.717, 1.165) is 12.1 Å². The van der Waals surface area contributed by atoms with E-state index >= 15 is 0 Å². The van der Waals surface area contributed by atoms with Crippen molar-refractivity contribution in [1.82, 2.24) is 20.8 Å². The Bertz CT molecular complexity index is 736. The minimum absolute atomic E-state index is 0. The summed E-state index contributed by atoms with van der Waals surface area (Å²) in [6.07, 6.45) is 0.893. The number of benzene rings is 1. The molecular weight excluding hydrogens is 467 g/mol. The molecule has 0 amide bonds. The number of aromatic nitrogens is 2. The van der Waals surface area contributed by atoms with Gasteiger partial charge in [-0.2, -0.15) is 4.98 Å². The first-order chi connectivity index (χ1) is 12.5. The van der Waals surface area contributed by atoms with Gasteiger partial charge in [0.05, 0.1) is 6.54 Å². The minimum atomic E-state index is -0.442. The summed E-state index contributed by atoms with van der Waals surface area (Å²) >= 11 is 0. The molecule has 150 valence electrons. The van der Waals surface area contributed by atoms with Crippen LogP contribution in [0, 0.1) is 11.6 Å². The van der Waals surface area contributed by atoms with Crippen LogP contribution in [0.3, 0.4) is 0 Å². The number of nitrogens with zero attached hydrogens (tertiary/aromatic N) is 3. The van der Waals surface area contributed by atoms with E-state index in [1.165, 1.54) is 6.07 Å². The van der Waals surface area contributed by atoms with Crippen molar-refractivity contribution in [2.45, 2.75) is 39.5 Å². The van der Waals surface area contributed by atoms with Crippen LogP contribution in [0.25, 0.3) is 0 Å². The molecule has 2 aromatic rings. The first-order valence-electron chi connectivity index (χ1n) is 8.78. The summed E-state index contributed by atoms with van der Waals surface area (Å²) in [4.78, 5) is 8.74. The summed E-state index contributed by atoms with van der Waals surface area (Å²) < 4.78 is 32.0. The summed E-state index contributed by atoms with van der Waals surface area (Å²) in [5.74, 6) is 1.21. The predicted molar refractivity (Wildman–Crippen MR) is 112 cm³/mol. The van der Waals surface area contributed by atoms with Crippen LogP contribution in [0.5, 0.6) is 0 Å². The minimum Gasteiger partial charge on any atom is -0.357 e. The Labute approximate surface area is 175 Å². The molecule has 0 saturated heterocycles. The van der Waals surface area contributed by atoms with Crippen molar-refractivity contribution in [3.05, 3.63) is 47.1 Å². The van der Waals surface area contributed by atoms with Crippen LogP contribution in [0.4, 0.5) is 8.78 Å². The van der Waals surface area contributed by atoms with Crippen LogP contribution in [0.15, 0.2) is 27.7 Å². The quantitative estimate of drug-likeness (QED) is 0.335. The zero-order valence-corrected chi connectivity index (χ0v) is 18.1. The third-order valence-electron chi connectivity index (χ3n) is 3.63. The molecule has 0 bridgehead atoms. The molecule has 6 nitrogen and oxygen atoms in total. The lowest BCUT2D eigenvalue weighted by atomic mass is 10.1. The summed E-state index contributed by atoms with van der Waals surface area (Å²) in [5.41, 5.74) is 0.334. The van der Waals surface area contributed by atoms with Crippen LogP contribution >= 0.6 is 24.0 Å². The molecule has 27 heavy (non-hydrogen) atoms. The van der Waals surface area contributed by atoms with E-state index in [2.05, 4.69) is 25.8 Å². The number of rotatable bonds is 8. The van der Waals surface area contributed by atoms with Crippen molar-refractivity contribution < 1.29 is 13.3 Å². The molecule has 0 fully saturated rings. The lowest BCUT2D eigenvalue weighted by Crippen LogP contribution is -2.38. The number of aliphatic imine (C=N–C) groups is 1. The van der Waals surface area contributed by atoms with Gasteiger partial charge < -0.3 is 15.2 Å². The lowest BCUT2D eigenvalue weighted by molar-refractivity contribution is 0.372. The van der Waals surface area contributed by atoms with E-state index < -0.39 is 11.6 Å². The van der Waals surface area contributed by atoms with E-state index in [4.69, 9.17) is 4.52 Å². The molecule has 0 radical (unpaired) electrons. The van der Waals surface area contributed by atoms with Gasteiger partial charge in [0.15, 0.2) is 11.8 Å². The van der Waals surface area contributed by atoms with Crippen molar-refractivity contribution in [3.8, 4) is 0 Å². The van der Waals surface area contributed by atoms with Gasteiger partial charge in [0, 0.05) is 25.4 Å². The number of nitrogens with one attached hydrogen (secondary N) is 2. The van der Waals surface area contributed by atoms with Crippen molar-refractivity contribution in [2.75, 3.05) is 19.6 Å². The molecule has 2 rings (SSSR count). The van der Waals surface area contributed by atoms with Crippen LogP contribution in [0.2, 0.25) is 0 Å². The van der Waals surface area contributed by atoms with E-state index in [1.54, 1.807) is 0 Å². The van der Waals surface area contributed by atoms with Gasteiger partial charge >= 0.3 is 0 Å². The molecule has 0 spiro atoms. The van der Waals surface area contributed by atoms with E-state index in [1.807, 2.05) is 20.8 Å². The maximum Gasteiger partial charge on any atom is 0.228 e. The zero-order valence-electron chi connectivity index (χ0n) is 15.8. The lowest BCUT2D eigenvalue weighted by Gasteiger charge is -2.11. The van der Waals surface area contributed by atoms with Gasteiger partial charge in [-0.1, -0.05) is 19.0 Å². The standard InChI is InChI=1S/C18H25F2N5O.HI/c1-4-21-18(22-9-7-13-11-14(19)5-6-15(13)20)23-10-8-16-24-17(12(2)3)25-26-16;/h5-6,11-12H,4,7-10H2,1-3H3,(H2,21,22,23);1H. The third-order valence-corrected chi connectivity index (χ3v) is 3.63. The fraction of sp³-hybridized carbons (Fsp3) is 0.500. The van der Waals surface area contributed by atoms with Gasteiger partial charge in [-0.3, -0.25) is 4.99 Å². The molecule has 0 aliphatic heterocycles. The van der Waals surface area contributed by atoms with Crippen LogP contribution in [-0.2, 0) is 12.8 Å². The second-order valence-corrected chi connectivity index (χ2v) is 6.12. The Morgan fingerprint density at radius 1 is 1.22 bits per heavy atom. The molecule has 0 saturated carbocycles. The molecule has 0 aliphatic rings. The highest BCUT2D eigenvalue weighted by Crippen LogP contribution is 2.10. The number of halogens is 3. The molecule has 1 heterocycles. The van der Waals surface area contributed by atoms with E-state index in [9.17, 15) is 8.78 Å². The van der Waals surface area contributed by atoms with Crippen molar-refractivity contribution in [2.24, 2.45) is 4.99 Å². The fourth-order valence-corrected chi connectivity index (χ4v) is 2.26. The Hall–Kier alpha value is -1.78. The zero-order chi connectivity index (χ0) is 18.9. The Morgan fingerprint density at radius 3 is 2.67 bits per heavy atom. The van der Waals surface area contributed by atoms with E-state index in [-0.39, 0.29) is 29.9 Å². The van der Waals surface area contributed by atoms with Gasteiger partial charge in [-0.25, -0.2) is 8.78 Å². The maximum atomic E-state index is 13.6. The molecule has 1 aromatic heterocycles. The van der Waals surface area contributed by atoms with Crippen molar-refractivity contribution in [3.63, 3.8) is 0 Å². The first-order valence-corrected chi connectivity index (χ1v) is 8.78. The maximum absolute atomic E-state index is 13.6. The number of hydrogen-bond acceptors (Lipinski definition) is 4. The largest absolute Gasteiger partial charge is 0.357 e. The Balaban J connectivity index is 0.00000364. The van der Waals surface area contributed by atoms with Crippen molar-refractivity contribution >= 4 is 29.9 Å². The second-order valence-electron chi connectivity index (χ2n) is 6.12. The Morgan fingerprint density at radius 2 is 2.00 bits per heavy atom. The normalized spacial score (nSPS) is 11.4. The van der Waals surface area contributed by atoms with Crippen LogP contribution in [0.1, 0.15) is 44.0 Å². The highest BCUT2D eigenvalue weighted by molar-refractivity contribution is 14.0. The number of guanidine groups is 1. The van der Waals surface area contributed by atoms with Crippen LogP contribution in [-0.4, -0.2) is 35.7 Å². The summed E-state index contributed by atoms with van der Waals surface area (Å²) in [6.45, 7) is 7.56. The third kappa shape index (κ3) is 7.77. The predicted octanol–water partition coefficient (Wildman–Crippen LogP) is 3.43. The molecule has 0 atom stereocenters. The smallest absolute Gasteiger partial charge is 0.228 e. The molecule has 2 N–H and O–H groups in total. The molecule has 0 unspecified atom stereocenters. The van der Waals surface area contributed by atoms with Crippen molar-refractivity contribution in [1.29, 1.82) is 0 Å². The monoisotopic (exact) mass is 493 g/mol. The molecular formula is C18H26F2IN5O. The second kappa shape index (κ2) is 11.8. The van der Waals surface area contributed by atoms with Crippen LogP contribution < -0.4 is 10.6 Å². The highest BCUT2D eigenvalue weighted by atomic mass is 127. The van der Waals surface area contributed by atoms with Gasteiger partial charge in [-0.05, 0) is 37.1 Å². The average molecular weight is 493 g/mol. The fourth-order valence-electron chi connectivity index (χ4n) is 2.26. The highest BCUT2D eigenvalue weighted by Gasteiger charge is 2.09. The average Bonchev–Trinajstić information content (AvgIpc) is 3.07. The van der Waals surface area contributed by atoms with Gasteiger partial charge in [0.1, 0.15) is 11.6 Å². The molecule has 0 aliphatic carbocycles. The van der Waals surface area contributed by atoms with Gasteiger partial charge in [0.25, 0.3) is 0 Å². The Kier molecular flexibility index (Phi) is 10.2. The summed E-state index contributed by atoms with van der Waals surface area (Å²) in [7, 11) is 0. The van der Waals surface area contributed by atoms with Gasteiger partial charge in [-0.15, -0.1) is 24.0 Å². The number of hydrogen-bond donors (Lipinski definition) is 2. The van der Waals surface area contributed by atoms with Gasteiger partial charge in [0.2, 0.25) is 5.89 Å². The summed E-state index contributed by atoms with van der Waals surface area (Å²) in [6, 6.07) is 3.46. The summed E-state index contributed by atoms with van der Waals surface area (Å²) in [5, 5.41) is 10.1. The first kappa shape index (κ1) is 23.3. The molecule has 1 aromatic carbocycles. The van der Waals surface area contributed by atoms with E-state index in [0.29, 0.717) is 55.7 Å².